The number of urea groups is 1. The summed E-state index contributed by atoms with van der Waals surface area (Å²) in [4.78, 5) is 37.7. The quantitative estimate of drug-likeness (QED) is 0.269. The van der Waals surface area contributed by atoms with Crippen LogP contribution in [0.3, 0.4) is 0 Å². The third kappa shape index (κ3) is 6.03. The molecule has 0 aliphatic heterocycles. The second-order valence-corrected chi connectivity index (χ2v) is 8.11. The number of hydrogen-bond acceptors (Lipinski definition) is 6. The van der Waals surface area contributed by atoms with Crippen molar-refractivity contribution in [3.63, 3.8) is 0 Å². The van der Waals surface area contributed by atoms with Crippen molar-refractivity contribution < 1.29 is 9.59 Å². The molecule has 2 heterocycles. The largest absolute Gasteiger partial charge is 0.338 e. The van der Waals surface area contributed by atoms with E-state index in [1.165, 1.54) is 0 Å². The first kappa shape index (κ1) is 23.9. The van der Waals surface area contributed by atoms with Crippen molar-refractivity contribution in [3.8, 4) is 11.3 Å². The molecule has 176 valence electrons. The van der Waals surface area contributed by atoms with Crippen LogP contribution in [0.25, 0.3) is 11.3 Å². The first-order valence-corrected chi connectivity index (χ1v) is 11.1. The molecule has 0 radical (unpaired) electrons. The Labute approximate surface area is 210 Å². The van der Waals surface area contributed by atoms with E-state index in [9.17, 15) is 9.59 Å². The van der Waals surface area contributed by atoms with Gasteiger partial charge in [-0.15, -0.1) is 0 Å². The molecule has 2 aromatic heterocycles. The highest BCUT2D eigenvalue weighted by molar-refractivity contribution is 6.39. The van der Waals surface area contributed by atoms with Crippen LogP contribution in [0.1, 0.15) is 15.9 Å². The third-order valence-electron chi connectivity index (χ3n) is 4.85. The third-order valence-corrected chi connectivity index (χ3v) is 5.48. The predicted octanol–water partition coefficient (Wildman–Crippen LogP) is 5.36. The molecule has 2 aromatic carbocycles. The van der Waals surface area contributed by atoms with E-state index in [1.807, 2.05) is 19.1 Å². The molecule has 4 aromatic rings. The number of aryl methyl sites for hydroxylation is 1. The highest BCUT2D eigenvalue weighted by Crippen LogP contribution is 2.29. The van der Waals surface area contributed by atoms with Crippen molar-refractivity contribution in [3.05, 3.63) is 94.4 Å². The number of pyridine rings is 1. The van der Waals surface area contributed by atoms with Crippen LogP contribution in [-0.2, 0) is 0 Å². The summed E-state index contributed by atoms with van der Waals surface area (Å²) in [5.41, 5.74) is 8.22. The van der Waals surface area contributed by atoms with Crippen LogP contribution in [-0.4, -0.2) is 26.9 Å². The van der Waals surface area contributed by atoms with Gasteiger partial charge in [-0.3, -0.25) is 15.2 Å². The van der Waals surface area contributed by atoms with Crippen LogP contribution in [0.15, 0.2) is 73.2 Å². The van der Waals surface area contributed by atoms with Gasteiger partial charge in [-0.1, -0.05) is 35.3 Å². The normalized spacial score (nSPS) is 10.4. The van der Waals surface area contributed by atoms with Crippen molar-refractivity contribution in [2.45, 2.75) is 6.92 Å². The van der Waals surface area contributed by atoms with Crippen molar-refractivity contribution in [1.82, 2.24) is 25.8 Å². The van der Waals surface area contributed by atoms with Gasteiger partial charge >= 0.3 is 6.03 Å². The Balaban J connectivity index is 1.43. The average molecular weight is 508 g/mol. The lowest BCUT2D eigenvalue weighted by Crippen LogP contribution is -2.44. The molecule has 35 heavy (non-hydrogen) atoms. The molecular weight excluding hydrogens is 489 g/mol. The van der Waals surface area contributed by atoms with Gasteiger partial charge in [0.2, 0.25) is 5.95 Å². The zero-order valence-electron chi connectivity index (χ0n) is 18.3. The summed E-state index contributed by atoms with van der Waals surface area (Å²) in [6.07, 6.45) is 5.04. The minimum absolute atomic E-state index is 0.234. The molecule has 0 aliphatic rings. The molecule has 3 amide bonds. The zero-order valence-corrected chi connectivity index (χ0v) is 19.9. The molecule has 0 bridgehead atoms. The first-order chi connectivity index (χ1) is 16.9. The number of nitrogens with zero attached hydrogens (tertiary/aromatic N) is 3. The highest BCUT2D eigenvalue weighted by atomic mass is 35.5. The fraction of sp³-hybridized carbons (Fsp3) is 0.0417. The Kier molecular flexibility index (Phi) is 7.39. The van der Waals surface area contributed by atoms with E-state index in [-0.39, 0.29) is 15.7 Å². The SMILES string of the molecule is Cc1ccc(C(=O)NNC(=O)Nc2c(Cl)cccc2Cl)cc1Nc1nccc(-c2cccnc2)n1. The molecule has 9 nitrogen and oxygen atoms in total. The van der Waals surface area contributed by atoms with Crippen LogP contribution in [0.4, 0.5) is 22.1 Å². The lowest BCUT2D eigenvalue weighted by Gasteiger charge is -2.13. The number of nitrogens with one attached hydrogen (secondary N) is 4. The Morgan fingerprint density at radius 2 is 1.71 bits per heavy atom. The maximum absolute atomic E-state index is 12.6. The minimum Gasteiger partial charge on any atom is -0.324 e. The lowest BCUT2D eigenvalue weighted by atomic mass is 10.1. The Morgan fingerprint density at radius 1 is 0.914 bits per heavy atom. The molecule has 0 saturated carbocycles. The summed E-state index contributed by atoms with van der Waals surface area (Å²) in [6.45, 7) is 1.88. The topological polar surface area (TPSA) is 121 Å². The van der Waals surface area contributed by atoms with E-state index >= 15 is 0 Å². The molecule has 0 saturated heterocycles. The van der Waals surface area contributed by atoms with E-state index < -0.39 is 11.9 Å². The smallest absolute Gasteiger partial charge is 0.324 e. The average Bonchev–Trinajstić information content (AvgIpc) is 2.87. The van der Waals surface area contributed by atoms with Gasteiger partial charge in [-0.2, -0.15) is 0 Å². The minimum atomic E-state index is -0.709. The first-order valence-electron chi connectivity index (χ1n) is 10.3. The van der Waals surface area contributed by atoms with Crippen molar-refractivity contribution in [2.75, 3.05) is 10.6 Å². The molecule has 4 rings (SSSR count). The summed E-state index contributed by atoms with van der Waals surface area (Å²) < 4.78 is 0. The predicted molar refractivity (Wildman–Crippen MR) is 136 cm³/mol. The van der Waals surface area contributed by atoms with E-state index in [0.29, 0.717) is 22.9 Å². The van der Waals surface area contributed by atoms with Crippen LogP contribution in [0.5, 0.6) is 0 Å². The fourth-order valence-electron chi connectivity index (χ4n) is 3.06. The van der Waals surface area contributed by atoms with Gasteiger partial charge in [0.05, 0.1) is 21.4 Å². The number of amides is 3. The number of carbonyl (C=O) groups excluding carboxylic acids is 2. The number of halogens is 2. The summed E-state index contributed by atoms with van der Waals surface area (Å²) in [7, 11) is 0. The second-order valence-electron chi connectivity index (χ2n) is 7.29. The van der Waals surface area contributed by atoms with Gasteiger partial charge < -0.3 is 10.6 Å². The van der Waals surface area contributed by atoms with Gasteiger partial charge in [0.1, 0.15) is 0 Å². The Hall–Kier alpha value is -4.21. The van der Waals surface area contributed by atoms with Gasteiger partial charge in [0, 0.05) is 35.4 Å². The molecule has 4 N–H and O–H groups in total. The van der Waals surface area contributed by atoms with E-state index in [2.05, 4.69) is 36.4 Å². The standard InChI is InChI=1S/C24H19Cl2N7O2/c1-14-7-8-15(22(34)32-33-24(35)31-21-17(25)5-2-6-18(21)26)12-20(14)30-23-28-11-9-19(29-23)16-4-3-10-27-13-16/h2-13H,1H3,(H,32,34)(H,28,29,30)(H2,31,33,35). The number of aromatic nitrogens is 3. The maximum Gasteiger partial charge on any atom is 0.338 e. The molecule has 0 fully saturated rings. The van der Waals surface area contributed by atoms with Crippen LogP contribution < -0.4 is 21.5 Å². The number of anilines is 3. The number of hydrogen-bond donors (Lipinski definition) is 4. The number of rotatable bonds is 5. The number of benzene rings is 2. The Morgan fingerprint density at radius 3 is 2.46 bits per heavy atom. The van der Waals surface area contributed by atoms with Gasteiger partial charge in [-0.05, 0) is 55.0 Å². The maximum atomic E-state index is 12.6. The number of hydrazine groups is 1. The fourth-order valence-corrected chi connectivity index (χ4v) is 3.55. The van der Waals surface area contributed by atoms with E-state index in [4.69, 9.17) is 23.2 Å². The van der Waals surface area contributed by atoms with Crippen LogP contribution in [0, 0.1) is 6.92 Å². The number of carbonyl (C=O) groups is 2. The number of para-hydroxylation sites is 1. The van der Waals surface area contributed by atoms with Crippen molar-refractivity contribution >= 4 is 52.5 Å². The lowest BCUT2D eigenvalue weighted by molar-refractivity contribution is 0.0938. The Bertz CT molecular complexity index is 1360. The van der Waals surface area contributed by atoms with Crippen LogP contribution >= 0.6 is 23.2 Å². The van der Waals surface area contributed by atoms with Crippen LogP contribution in [0.2, 0.25) is 10.0 Å². The monoisotopic (exact) mass is 507 g/mol. The van der Waals surface area contributed by atoms with Gasteiger partial charge in [0.25, 0.3) is 5.91 Å². The summed E-state index contributed by atoms with van der Waals surface area (Å²) >= 11 is 12.1. The molecule has 0 atom stereocenters. The molecule has 0 spiro atoms. The van der Waals surface area contributed by atoms with E-state index in [1.54, 1.807) is 61.1 Å². The van der Waals surface area contributed by atoms with E-state index in [0.717, 1.165) is 11.1 Å². The van der Waals surface area contributed by atoms with Crippen molar-refractivity contribution in [2.24, 2.45) is 0 Å². The van der Waals surface area contributed by atoms with Gasteiger partial charge in [-0.25, -0.2) is 20.2 Å². The van der Waals surface area contributed by atoms with Crippen molar-refractivity contribution in [1.29, 1.82) is 0 Å². The molecular formula is C24H19Cl2N7O2. The molecule has 0 unspecified atom stereocenters. The zero-order chi connectivity index (χ0) is 24.8. The summed E-state index contributed by atoms with van der Waals surface area (Å²) in [6, 6.07) is 14.7. The summed E-state index contributed by atoms with van der Waals surface area (Å²) in [5.74, 6) is -0.167. The second kappa shape index (κ2) is 10.8. The highest BCUT2D eigenvalue weighted by Gasteiger charge is 2.13. The van der Waals surface area contributed by atoms with Gasteiger partial charge in [0.15, 0.2) is 0 Å². The molecule has 11 heteroatoms. The summed E-state index contributed by atoms with van der Waals surface area (Å²) in [5, 5.41) is 6.16. The molecule has 0 aliphatic carbocycles.